The minimum atomic E-state index is 0.213. The molecule has 0 aromatic heterocycles. The monoisotopic (exact) mass is 433 g/mol. The molecule has 3 aliphatic rings. The van der Waals surface area contributed by atoms with Gasteiger partial charge < -0.3 is 20.2 Å². The Morgan fingerprint density at radius 1 is 1.06 bits per heavy atom. The van der Waals surface area contributed by atoms with Crippen molar-refractivity contribution in [3.63, 3.8) is 0 Å². The summed E-state index contributed by atoms with van der Waals surface area (Å²) in [7, 11) is 2.32. The molecular weight excluding hydrogens is 394 g/mol. The number of fused-ring (bicyclic) bond motifs is 1. The van der Waals surface area contributed by atoms with Crippen molar-refractivity contribution in [2.75, 3.05) is 36.9 Å². The summed E-state index contributed by atoms with van der Waals surface area (Å²) in [6, 6.07) is 13.4. The van der Waals surface area contributed by atoms with Crippen LogP contribution in [0, 0.1) is 5.41 Å². The van der Waals surface area contributed by atoms with Crippen molar-refractivity contribution in [1.29, 1.82) is 0 Å². The topological polar surface area (TPSA) is 38.7 Å². The number of hydrogen-bond acceptors (Lipinski definition) is 4. The van der Waals surface area contributed by atoms with E-state index in [1.54, 1.807) is 0 Å². The van der Waals surface area contributed by atoms with Crippen LogP contribution in [0.25, 0.3) is 0 Å². The summed E-state index contributed by atoms with van der Waals surface area (Å²) in [4.78, 5) is 4.96. The maximum atomic E-state index is 11.2. The first-order valence-electron chi connectivity index (χ1n) is 12.6. The van der Waals surface area contributed by atoms with Crippen LogP contribution >= 0.6 is 0 Å². The number of likely N-dealkylation sites (N-methyl/N-ethyl adjacent to an activating group) is 1. The Bertz CT molecular complexity index is 1000. The number of phenolic OH excluding ortho intramolecular Hbond substituents is 1. The lowest BCUT2D eigenvalue weighted by Gasteiger charge is -2.65. The summed E-state index contributed by atoms with van der Waals surface area (Å²) in [6.45, 7) is 10.00. The largest absolute Gasteiger partial charge is 0.506 e. The molecule has 0 unspecified atom stereocenters. The zero-order valence-corrected chi connectivity index (χ0v) is 20.2. The summed E-state index contributed by atoms with van der Waals surface area (Å²) in [6.07, 6.45) is 7.50. The highest BCUT2D eigenvalue weighted by atomic mass is 16.3. The van der Waals surface area contributed by atoms with Crippen molar-refractivity contribution < 1.29 is 5.11 Å². The highest BCUT2D eigenvalue weighted by molar-refractivity contribution is 5.78. The Kier molecular flexibility index (Phi) is 5.40. The van der Waals surface area contributed by atoms with Gasteiger partial charge in [0.25, 0.3) is 0 Å². The van der Waals surface area contributed by atoms with Gasteiger partial charge in [-0.25, -0.2) is 0 Å². The molecule has 5 rings (SSSR count). The van der Waals surface area contributed by atoms with Crippen molar-refractivity contribution in [3.8, 4) is 5.75 Å². The van der Waals surface area contributed by atoms with Crippen LogP contribution in [0.1, 0.15) is 64.0 Å². The van der Waals surface area contributed by atoms with Crippen molar-refractivity contribution >= 4 is 17.1 Å². The molecule has 1 heterocycles. The Labute approximate surface area is 193 Å². The molecule has 172 valence electrons. The van der Waals surface area contributed by atoms with Crippen LogP contribution in [0.3, 0.4) is 0 Å². The summed E-state index contributed by atoms with van der Waals surface area (Å²) in [5.74, 6) is 0.387. The van der Waals surface area contributed by atoms with Gasteiger partial charge in [0.15, 0.2) is 0 Å². The molecule has 3 atom stereocenters. The molecule has 32 heavy (non-hydrogen) atoms. The van der Waals surface area contributed by atoms with Gasteiger partial charge in [-0.15, -0.1) is 0 Å². The minimum absolute atomic E-state index is 0.213. The van der Waals surface area contributed by atoms with Crippen LogP contribution in [-0.4, -0.2) is 42.7 Å². The third-order valence-corrected chi connectivity index (χ3v) is 9.23. The van der Waals surface area contributed by atoms with Crippen molar-refractivity contribution in [2.45, 2.75) is 70.8 Å². The molecule has 4 heteroatoms. The number of nitrogens with zero attached hydrogens (tertiary/aromatic N) is 2. The summed E-state index contributed by atoms with van der Waals surface area (Å²) >= 11 is 0. The fraction of sp³-hybridized carbons (Fsp3) is 0.571. The Morgan fingerprint density at radius 2 is 1.81 bits per heavy atom. The predicted octanol–water partition coefficient (Wildman–Crippen LogP) is 6.06. The van der Waals surface area contributed by atoms with Crippen LogP contribution in [0.15, 0.2) is 36.4 Å². The average molecular weight is 434 g/mol. The minimum Gasteiger partial charge on any atom is -0.506 e. The second-order valence-electron chi connectivity index (χ2n) is 10.5. The number of aromatic hydroxyl groups is 1. The molecule has 2 aromatic carbocycles. The number of piperidine rings is 1. The van der Waals surface area contributed by atoms with Gasteiger partial charge in [-0.05, 0) is 93.9 Å². The second kappa shape index (κ2) is 7.98. The molecule has 2 N–H and O–H groups in total. The van der Waals surface area contributed by atoms with E-state index in [9.17, 15) is 5.11 Å². The van der Waals surface area contributed by atoms with Crippen molar-refractivity contribution in [2.24, 2.45) is 5.41 Å². The van der Waals surface area contributed by atoms with Crippen LogP contribution in [0.2, 0.25) is 0 Å². The normalized spacial score (nSPS) is 29.2. The number of hydrogen-bond donors (Lipinski definition) is 2. The third-order valence-electron chi connectivity index (χ3n) is 9.23. The van der Waals surface area contributed by atoms with E-state index >= 15 is 0 Å². The molecule has 1 aliphatic heterocycles. The number of nitrogens with one attached hydrogen (secondary N) is 1. The lowest BCUT2D eigenvalue weighted by Crippen LogP contribution is -2.66. The number of para-hydroxylation sites is 2. The first-order valence-corrected chi connectivity index (χ1v) is 12.6. The molecule has 0 amide bonds. The lowest BCUT2D eigenvalue weighted by atomic mass is 9.45. The fourth-order valence-electron chi connectivity index (χ4n) is 7.43. The smallest absolute Gasteiger partial charge is 0.139 e. The SMILES string of the molecule is CCN(CC)c1ccccc1Nc1cc2c(cc1O)[C@]13CCCC[C@]1(C)[C@H](C2)N(C)CC3. The van der Waals surface area contributed by atoms with Crippen LogP contribution in [0.4, 0.5) is 17.1 Å². The maximum absolute atomic E-state index is 11.2. The number of anilines is 3. The van der Waals surface area contributed by atoms with Crippen LogP contribution in [0.5, 0.6) is 5.75 Å². The Hall–Kier alpha value is -2.20. The molecule has 2 aromatic rings. The quantitative estimate of drug-likeness (QED) is 0.562. The zero-order chi connectivity index (χ0) is 22.5. The van der Waals surface area contributed by atoms with E-state index in [0.717, 1.165) is 37.4 Å². The zero-order valence-electron chi connectivity index (χ0n) is 20.2. The van der Waals surface area contributed by atoms with E-state index < -0.39 is 0 Å². The standard InChI is InChI=1S/C28H39N3O/c1-5-31(6-2)24-12-8-7-11-22(24)29-23-17-20-18-26-27(3)13-9-10-14-28(27,15-16-30(26)4)21(20)19-25(23)32/h7-8,11-12,17,19,26,29,32H,5-6,9-10,13-16,18H2,1-4H3/t26-,27+,28+/m0/s1. The Morgan fingerprint density at radius 3 is 2.59 bits per heavy atom. The highest BCUT2D eigenvalue weighted by Crippen LogP contribution is 2.63. The Balaban J connectivity index is 1.57. The molecule has 0 spiro atoms. The third kappa shape index (κ3) is 3.06. The van der Waals surface area contributed by atoms with Crippen molar-refractivity contribution in [1.82, 2.24) is 4.90 Å². The average Bonchev–Trinajstić information content (AvgIpc) is 2.79. The molecule has 2 bridgehead atoms. The number of rotatable bonds is 5. The summed E-state index contributed by atoms with van der Waals surface area (Å²) < 4.78 is 0. The molecular formula is C28H39N3O. The molecule has 1 saturated heterocycles. The van der Waals surface area contributed by atoms with Gasteiger partial charge in [0.1, 0.15) is 5.75 Å². The maximum Gasteiger partial charge on any atom is 0.139 e. The van der Waals surface area contributed by atoms with E-state index in [1.807, 2.05) is 0 Å². The van der Waals surface area contributed by atoms with E-state index in [1.165, 1.54) is 48.9 Å². The molecule has 0 radical (unpaired) electrons. The molecule has 4 nitrogen and oxygen atoms in total. The van der Waals surface area contributed by atoms with Gasteiger partial charge in [-0.1, -0.05) is 31.9 Å². The van der Waals surface area contributed by atoms with E-state index in [0.29, 0.717) is 17.2 Å². The number of phenols is 1. The summed E-state index contributed by atoms with van der Waals surface area (Å²) in [5, 5.41) is 14.8. The van der Waals surface area contributed by atoms with Crippen LogP contribution < -0.4 is 10.2 Å². The van der Waals surface area contributed by atoms with Gasteiger partial charge in [-0.3, -0.25) is 0 Å². The van der Waals surface area contributed by atoms with Gasteiger partial charge in [0, 0.05) is 24.5 Å². The van der Waals surface area contributed by atoms with E-state index in [4.69, 9.17) is 0 Å². The predicted molar refractivity (Wildman–Crippen MR) is 134 cm³/mol. The number of benzene rings is 2. The summed E-state index contributed by atoms with van der Waals surface area (Å²) in [5.41, 5.74) is 6.46. The highest BCUT2D eigenvalue weighted by Gasteiger charge is 2.60. The van der Waals surface area contributed by atoms with Crippen LogP contribution in [-0.2, 0) is 11.8 Å². The number of likely N-dealkylation sites (tertiary alicyclic amines) is 1. The lowest BCUT2D eigenvalue weighted by molar-refractivity contribution is -0.0735. The van der Waals surface area contributed by atoms with Gasteiger partial charge in [0.2, 0.25) is 0 Å². The fourth-order valence-corrected chi connectivity index (χ4v) is 7.43. The molecule has 2 fully saturated rings. The van der Waals surface area contributed by atoms with Crippen molar-refractivity contribution in [3.05, 3.63) is 47.5 Å². The second-order valence-corrected chi connectivity index (χ2v) is 10.5. The molecule has 2 aliphatic carbocycles. The van der Waals surface area contributed by atoms with Gasteiger partial charge >= 0.3 is 0 Å². The van der Waals surface area contributed by atoms with E-state index in [2.05, 4.69) is 79.3 Å². The first kappa shape index (κ1) is 21.6. The molecule has 1 saturated carbocycles. The van der Waals surface area contributed by atoms with Gasteiger partial charge in [0.05, 0.1) is 17.1 Å². The van der Waals surface area contributed by atoms with E-state index in [-0.39, 0.29) is 5.41 Å². The first-order chi connectivity index (χ1) is 15.4. The van der Waals surface area contributed by atoms with Gasteiger partial charge in [-0.2, -0.15) is 0 Å².